The number of hydrogen-bond acceptors (Lipinski definition) is 6. The Kier molecular flexibility index (Phi) is 4.35. The minimum Gasteiger partial charge on any atom is -0.497 e. The highest BCUT2D eigenvalue weighted by Crippen LogP contribution is 2.23. The summed E-state index contributed by atoms with van der Waals surface area (Å²) in [5, 5.41) is 8.13. The van der Waals surface area contributed by atoms with Crippen LogP contribution in [0.5, 0.6) is 5.75 Å². The van der Waals surface area contributed by atoms with Crippen LogP contribution in [0.1, 0.15) is 10.5 Å². The number of nitrogens with zero attached hydrogens (tertiary/aromatic N) is 5. The molecule has 1 saturated heterocycles. The van der Waals surface area contributed by atoms with Gasteiger partial charge in [0.1, 0.15) is 5.75 Å². The lowest BCUT2D eigenvalue weighted by Gasteiger charge is -2.35. The number of piperazine rings is 1. The van der Waals surface area contributed by atoms with Gasteiger partial charge in [-0.15, -0.1) is 5.10 Å². The van der Waals surface area contributed by atoms with Gasteiger partial charge in [-0.2, -0.15) is 0 Å². The number of para-hydroxylation sites is 2. The summed E-state index contributed by atoms with van der Waals surface area (Å²) in [5.74, 6) is 0.518. The number of benzene rings is 2. The van der Waals surface area contributed by atoms with Crippen LogP contribution in [0.15, 0.2) is 53.3 Å². The molecule has 1 fully saturated rings. The molecule has 9 nitrogen and oxygen atoms in total. The van der Waals surface area contributed by atoms with Crippen LogP contribution in [0.25, 0.3) is 16.6 Å². The molecule has 0 unspecified atom stereocenters. The third kappa shape index (κ3) is 2.95. The van der Waals surface area contributed by atoms with E-state index in [4.69, 9.17) is 4.74 Å². The van der Waals surface area contributed by atoms with Gasteiger partial charge in [-0.1, -0.05) is 23.4 Å². The topological polar surface area (TPSA) is 95.8 Å². The fraction of sp³-hybridized carbons (Fsp3) is 0.238. The molecule has 0 saturated carbocycles. The molecule has 0 atom stereocenters. The largest absolute Gasteiger partial charge is 0.497 e. The Morgan fingerprint density at radius 3 is 2.67 bits per heavy atom. The average molecular weight is 404 g/mol. The zero-order valence-corrected chi connectivity index (χ0v) is 16.4. The van der Waals surface area contributed by atoms with E-state index in [0.29, 0.717) is 37.2 Å². The maximum Gasteiger partial charge on any atom is 0.277 e. The highest BCUT2D eigenvalue weighted by molar-refractivity contribution is 5.99. The lowest BCUT2D eigenvalue weighted by atomic mass is 10.2. The maximum atomic E-state index is 13.1. The molecule has 152 valence electrons. The van der Waals surface area contributed by atoms with Crippen LogP contribution in [0.3, 0.4) is 0 Å². The Morgan fingerprint density at radius 1 is 1.07 bits per heavy atom. The second-order valence-electron chi connectivity index (χ2n) is 7.15. The first-order chi connectivity index (χ1) is 14.7. The van der Waals surface area contributed by atoms with Crippen molar-refractivity contribution in [2.75, 3.05) is 38.2 Å². The Labute approximate surface area is 171 Å². The van der Waals surface area contributed by atoms with Crippen LogP contribution in [0, 0.1) is 0 Å². The summed E-state index contributed by atoms with van der Waals surface area (Å²) in [6, 6.07) is 15.2. The van der Waals surface area contributed by atoms with Gasteiger partial charge < -0.3 is 19.5 Å². The minimum absolute atomic E-state index is 0.0804. The lowest BCUT2D eigenvalue weighted by Crippen LogP contribution is -2.49. The molecule has 3 heterocycles. The van der Waals surface area contributed by atoms with Gasteiger partial charge in [0.2, 0.25) is 0 Å². The summed E-state index contributed by atoms with van der Waals surface area (Å²) in [5.41, 5.74) is 2.27. The number of carbonyl (C=O) groups excluding carboxylic acids is 1. The van der Waals surface area contributed by atoms with E-state index in [1.165, 1.54) is 4.52 Å². The maximum absolute atomic E-state index is 13.1. The van der Waals surface area contributed by atoms with Gasteiger partial charge >= 0.3 is 0 Å². The number of carbonyl (C=O) groups is 1. The summed E-state index contributed by atoms with van der Waals surface area (Å²) in [7, 11) is 1.64. The summed E-state index contributed by atoms with van der Waals surface area (Å²) in [6.07, 6.45) is 0. The van der Waals surface area contributed by atoms with Crippen molar-refractivity contribution < 1.29 is 9.53 Å². The first kappa shape index (κ1) is 18.2. The van der Waals surface area contributed by atoms with Gasteiger partial charge in [0.15, 0.2) is 11.2 Å². The minimum atomic E-state index is -0.378. The van der Waals surface area contributed by atoms with E-state index in [0.717, 1.165) is 11.4 Å². The zero-order chi connectivity index (χ0) is 20.7. The van der Waals surface area contributed by atoms with Crippen molar-refractivity contribution in [2.24, 2.45) is 0 Å². The van der Waals surface area contributed by atoms with E-state index in [1.807, 2.05) is 42.5 Å². The molecular weight excluding hydrogens is 384 g/mol. The summed E-state index contributed by atoms with van der Waals surface area (Å²) in [4.78, 5) is 32.5. The predicted molar refractivity (Wildman–Crippen MR) is 112 cm³/mol. The van der Waals surface area contributed by atoms with Crippen molar-refractivity contribution in [1.82, 2.24) is 24.7 Å². The van der Waals surface area contributed by atoms with E-state index in [2.05, 4.69) is 20.2 Å². The Balaban J connectivity index is 1.40. The van der Waals surface area contributed by atoms with Crippen LogP contribution < -0.4 is 15.2 Å². The molecule has 2 aromatic heterocycles. The molecule has 30 heavy (non-hydrogen) atoms. The number of rotatable bonds is 3. The van der Waals surface area contributed by atoms with Crippen LogP contribution in [0.4, 0.5) is 5.69 Å². The molecular formula is C21H20N6O3. The van der Waals surface area contributed by atoms with Crippen molar-refractivity contribution >= 4 is 28.1 Å². The Bertz CT molecular complexity index is 1300. The quantitative estimate of drug-likeness (QED) is 0.557. The molecule has 1 N–H and O–H groups in total. The number of nitrogens with one attached hydrogen (secondary N) is 1. The fourth-order valence-corrected chi connectivity index (χ4v) is 3.87. The van der Waals surface area contributed by atoms with Gasteiger partial charge in [-0.3, -0.25) is 9.59 Å². The molecule has 2 aromatic carbocycles. The predicted octanol–water partition coefficient (Wildman–Crippen LogP) is 1.54. The standard InChI is InChI=1S/C21H20N6O3/c1-30-15-6-4-5-14(13-15)25-9-11-26(12-10-25)21(29)18-19-20(28)22-16-7-2-3-8-17(16)27(19)24-23-18/h2-8,13H,9-12H2,1H3,(H,22,28). The molecule has 0 bridgehead atoms. The Hall–Kier alpha value is -3.88. The number of fused-ring (bicyclic) bond motifs is 3. The van der Waals surface area contributed by atoms with Crippen molar-refractivity contribution in [3.05, 3.63) is 64.6 Å². The van der Waals surface area contributed by atoms with Crippen LogP contribution in [-0.4, -0.2) is 63.9 Å². The van der Waals surface area contributed by atoms with Crippen LogP contribution >= 0.6 is 0 Å². The second kappa shape index (κ2) is 7.18. The van der Waals surface area contributed by atoms with E-state index in [9.17, 15) is 9.59 Å². The normalized spacial score (nSPS) is 14.4. The third-order valence-corrected chi connectivity index (χ3v) is 5.45. The summed E-state index contributed by atoms with van der Waals surface area (Å²) >= 11 is 0. The Morgan fingerprint density at radius 2 is 1.87 bits per heavy atom. The number of ether oxygens (including phenoxy) is 1. The first-order valence-corrected chi connectivity index (χ1v) is 9.70. The van der Waals surface area contributed by atoms with Gasteiger partial charge in [0.25, 0.3) is 11.5 Å². The SMILES string of the molecule is COc1cccc(N2CCN(C(=O)c3nnn4c3c(=O)[nH]c3ccccc34)CC2)c1. The molecule has 9 heteroatoms. The second-order valence-corrected chi connectivity index (χ2v) is 7.15. The summed E-state index contributed by atoms with van der Waals surface area (Å²) < 4.78 is 6.73. The summed E-state index contributed by atoms with van der Waals surface area (Å²) in [6.45, 7) is 2.41. The van der Waals surface area contributed by atoms with Gasteiger partial charge in [-0.05, 0) is 24.3 Å². The van der Waals surface area contributed by atoms with Crippen molar-refractivity contribution in [2.45, 2.75) is 0 Å². The highest BCUT2D eigenvalue weighted by Gasteiger charge is 2.27. The highest BCUT2D eigenvalue weighted by atomic mass is 16.5. The number of anilines is 1. The van der Waals surface area contributed by atoms with Crippen molar-refractivity contribution in [1.29, 1.82) is 0 Å². The molecule has 1 aliphatic rings. The molecule has 0 aliphatic carbocycles. The van der Waals surface area contributed by atoms with Crippen molar-refractivity contribution in [3.63, 3.8) is 0 Å². The number of amides is 1. The van der Waals surface area contributed by atoms with Gasteiger partial charge in [0, 0.05) is 37.9 Å². The number of methoxy groups -OCH3 is 1. The number of hydrogen-bond donors (Lipinski definition) is 1. The van der Waals surface area contributed by atoms with E-state index in [-0.39, 0.29) is 22.7 Å². The third-order valence-electron chi connectivity index (χ3n) is 5.45. The molecule has 0 radical (unpaired) electrons. The van der Waals surface area contributed by atoms with E-state index >= 15 is 0 Å². The van der Waals surface area contributed by atoms with E-state index in [1.54, 1.807) is 18.1 Å². The molecule has 0 spiro atoms. The van der Waals surface area contributed by atoms with Crippen molar-refractivity contribution in [3.8, 4) is 5.75 Å². The number of aromatic amines is 1. The molecule has 1 amide bonds. The van der Waals surface area contributed by atoms with Gasteiger partial charge in [-0.25, -0.2) is 4.52 Å². The number of H-pyrrole nitrogens is 1. The average Bonchev–Trinajstić information content (AvgIpc) is 3.25. The van der Waals surface area contributed by atoms with Gasteiger partial charge in [0.05, 0.1) is 18.1 Å². The number of aromatic nitrogens is 4. The molecule has 1 aliphatic heterocycles. The smallest absolute Gasteiger partial charge is 0.277 e. The van der Waals surface area contributed by atoms with Crippen LogP contribution in [0.2, 0.25) is 0 Å². The first-order valence-electron chi connectivity index (χ1n) is 9.70. The lowest BCUT2D eigenvalue weighted by molar-refractivity contribution is 0.0742. The molecule has 4 aromatic rings. The fourth-order valence-electron chi connectivity index (χ4n) is 3.87. The molecule has 5 rings (SSSR count). The van der Waals surface area contributed by atoms with E-state index < -0.39 is 0 Å². The zero-order valence-electron chi connectivity index (χ0n) is 16.4. The monoisotopic (exact) mass is 404 g/mol. The van der Waals surface area contributed by atoms with Crippen LogP contribution in [-0.2, 0) is 0 Å².